The van der Waals surface area contributed by atoms with Gasteiger partial charge in [0.15, 0.2) is 0 Å². The molecule has 0 saturated heterocycles. The van der Waals surface area contributed by atoms with E-state index in [1.54, 1.807) is 0 Å². The van der Waals surface area contributed by atoms with E-state index in [9.17, 15) is 0 Å². The summed E-state index contributed by atoms with van der Waals surface area (Å²) in [5.74, 6) is 0. The summed E-state index contributed by atoms with van der Waals surface area (Å²) in [6.07, 6.45) is 4.82. The number of hydrogen-bond acceptors (Lipinski definition) is 2. The molecule has 0 radical (unpaired) electrons. The first kappa shape index (κ1) is 18.1. The average molecular weight is 269 g/mol. The fourth-order valence-corrected chi connectivity index (χ4v) is 2.78. The third kappa shape index (κ3) is 17.3. The minimum atomic E-state index is -0.486. The van der Waals surface area contributed by atoms with Gasteiger partial charge in [-0.05, 0) is 20.9 Å². The maximum absolute atomic E-state index is 8.05. The summed E-state index contributed by atoms with van der Waals surface area (Å²) in [6, 6.07) is 2.25. The SMILES string of the molecule is [H-].[K+].[N-]=[N+]=N[SiH2]CCCCCC[SiH2]N=[N+]=[N-]. The Kier molecular flexibility index (Phi) is 20.6. The van der Waals surface area contributed by atoms with Crippen LogP contribution in [0, 0.1) is 0 Å². The van der Waals surface area contributed by atoms with Gasteiger partial charge < -0.3 is 1.43 Å². The molecular formula is C6H17KN6Si2. The van der Waals surface area contributed by atoms with Crippen molar-refractivity contribution < 1.29 is 52.8 Å². The van der Waals surface area contributed by atoms with Crippen LogP contribution in [-0.2, 0) is 0 Å². The van der Waals surface area contributed by atoms with Gasteiger partial charge in [-0.1, -0.05) is 37.8 Å². The molecule has 0 atom stereocenters. The van der Waals surface area contributed by atoms with Crippen LogP contribution in [0.2, 0.25) is 12.1 Å². The Morgan fingerprint density at radius 3 is 1.60 bits per heavy atom. The Bertz CT molecular complexity index is 207. The molecule has 0 aliphatic rings. The van der Waals surface area contributed by atoms with Crippen molar-refractivity contribution in [2.45, 2.75) is 37.8 Å². The monoisotopic (exact) mass is 268 g/mol. The molecule has 0 amide bonds. The number of rotatable bonds is 9. The molecule has 0 N–H and O–H groups in total. The van der Waals surface area contributed by atoms with E-state index in [-0.39, 0.29) is 52.8 Å². The van der Waals surface area contributed by atoms with Crippen molar-refractivity contribution in [2.24, 2.45) is 9.56 Å². The molecule has 15 heavy (non-hydrogen) atoms. The van der Waals surface area contributed by atoms with E-state index in [1.807, 2.05) is 0 Å². The van der Waals surface area contributed by atoms with Crippen LogP contribution in [-0.4, -0.2) is 19.4 Å². The molecule has 80 valence electrons. The second-order valence-electron chi connectivity index (χ2n) is 3.03. The maximum Gasteiger partial charge on any atom is 1.00 e. The Morgan fingerprint density at radius 2 is 1.27 bits per heavy atom. The van der Waals surface area contributed by atoms with Gasteiger partial charge in [0.1, 0.15) is 19.4 Å². The first-order chi connectivity index (χ1) is 6.91. The van der Waals surface area contributed by atoms with Gasteiger partial charge in [-0.2, -0.15) is 0 Å². The predicted molar refractivity (Wildman–Crippen MR) is 64.6 cm³/mol. The van der Waals surface area contributed by atoms with Crippen LogP contribution < -0.4 is 51.4 Å². The summed E-state index contributed by atoms with van der Waals surface area (Å²) in [5.41, 5.74) is 16.1. The van der Waals surface area contributed by atoms with Crippen molar-refractivity contribution in [1.29, 1.82) is 0 Å². The Labute approximate surface area is 139 Å². The minimum absolute atomic E-state index is 0. The number of nitrogens with zero attached hydrogens (tertiary/aromatic N) is 6. The fourth-order valence-electron chi connectivity index (χ4n) is 1.16. The van der Waals surface area contributed by atoms with Crippen molar-refractivity contribution in [3.05, 3.63) is 20.9 Å². The Morgan fingerprint density at radius 1 is 0.867 bits per heavy atom. The molecule has 0 fully saturated rings. The van der Waals surface area contributed by atoms with Gasteiger partial charge >= 0.3 is 51.4 Å². The molecule has 0 heterocycles. The summed E-state index contributed by atoms with van der Waals surface area (Å²) in [6.45, 7) is 0. The van der Waals surface area contributed by atoms with Gasteiger partial charge in [0.25, 0.3) is 0 Å². The van der Waals surface area contributed by atoms with Gasteiger partial charge in [0.05, 0.1) is 0 Å². The number of unbranched alkanes of at least 4 members (excludes halogenated alkanes) is 3. The number of hydrogen-bond donors (Lipinski definition) is 0. The van der Waals surface area contributed by atoms with Crippen LogP contribution in [0.4, 0.5) is 0 Å². The topological polar surface area (TPSA) is 97.5 Å². The molecule has 0 bridgehead atoms. The maximum atomic E-state index is 8.05. The van der Waals surface area contributed by atoms with Gasteiger partial charge in [0.2, 0.25) is 0 Å². The molecule has 0 aliphatic heterocycles. The summed E-state index contributed by atoms with van der Waals surface area (Å²) in [5, 5.41) is 0. The van der Waals surface area contributed by atoms with Crippen LogP contribution in [0.15, 0.2) is 9.56 Å². The van der Waals surface area contributed by atoms with Crippen LogP contribution >= 0.6 is 0 Å². The second kappa shape index (κ2) is 17.1. The zero-order valence-corrected chi connectivity index (χ0v) is 15.3. The van der Waals surface area contributed by atoms with Gasteiger partial charge in [-0.25, -0.2) is 0 Å². The van der Waals surface area contributed by atoms with E-state index in [1.165, 1.54) is 25.7 Å². The van der Waals surface area contributed by atoms with Crippen LogP contribution in [0.25, 0.3) is 20.9 Å². The molecule has 0 aromatic rings. The van der Waals surface area contributed by atoms with E-state index < -0.39 is 19.4 Å². The first-order valence-electron chi connectivity index (χ1n) is 4.93. The van der Waals surface area contributed by atoms with Crippen molar-refractivity contribution in [1.82, 2.24) is 0 Å². The molecule has 6 nitrogen and oxygen atoms in total. The van der Waals surface area contributed by atoms with Crippen molar-refractivity contribution in [3.8, 4) is 0 Å². The molecule has 0 aromatic carbocycles. The van der Waals surface area contributed by atoms with E-state index in [2.05, 4.69) is 19.4 Å². The van der Waals surface area contributed by atoms with E-state index >= 15 is 0 Å². The zero-order chi connectivity index (χ0) is 10.5. The standard InChI is InChI=1S/C6H16N6Si2.K.H/c7-9-11-13-5-3-1-2-4-6-14-12-10-8;;/h1-6,13-14H2;;/q;+1;-1. The summed E-state index contributed by atoms with van der Waals surface area (Å²) >= 11 is 0. The molecule has 0 saturated carbocycles. The summed E-state index contributed by atoms with van der Waals surface area (Å²) in [7, 11) is -0.972. The van der Waals surface area contributed by atoms with Crippen LogP contribution in [0.5, 0.6) is 0 Å². The molecule has 0 unspecified atom stereocenters. The zero-order valence-electron chi connectivity index (χ0n) is 10.3. The van der Waals surface area contributed by atoms with E-state index in [0.29, 0.717) is 0 Å². The molecule has 0 rings (SSSR count). The average Bonchev–Trinajstić information content (AvgIpc) is 2.21. The Balaban J connectivity index is -0.000000845. The van der Waals surface area contributed by atoms with Gasteiger partial charge in [0, 0.05) is 0 Å². The molecule has 0 aromatic heterocycles. The van der Waals surface area contributed by atoms with Crippen molar-refractivity contribution in [3.63, 3.8) is 0 Å². The van der Waals surface area contributed by atoms with E-state index in [4.69, 9.17) is 11.1 Å². The van der Waals surface area contributed by atoms with Crippen LogP contribution in [0.1, 0.15) is 27.1 Å². The number of azide groups is 2. The fraction of sp³-hybridized carbons (Fsp3) is 1.00. The molecular weight excluding hydrogens is 251 g/mol. The van der Waals surface area contributed by atoms with Gasteiger partial charge in [-0.15, -0.1) is 9.56 Å². The summed E-state index contributed by atoms with van der Waals surface area (Å²) < 4.78 is 7.20. The van der Waals surface area contributed by atoms with Crippen molar-refractivity contribution >= 4 is 19.4 Å². The van der Waals surface area contributed by atoms with Gasteiger partial charge in [-0.3, -0.25) is 0 Å². The quantitative estimate of drug-likeness (QED) is 0.173. The Hall–Kier alpha value is 0.690. The minimum Gasteiger partial charge on any atom is -1.00 e. The summed E-state index contributed by atoms with van der Waals surface area (Å²) in [4.78, 5) is 5.50. The smallest absolute Gasteiger partial charge is 1.00 e. The molecule has 0 aliphatic carbocycles. The van der Waals surface area contributed by atoms with E-state index in [0.717, 1.165) is 12.1 Å². The largest absolute Gasteiger partial charge is 1.00 e. The van der Waals surface area contributed by atoms with Crippen LogP contribution in [0.3, 0.4) is 0 Å². The second-order valence-corrected chi connectivity index (χ2v) is 5.90. The third-order valence-corrected chi connectivity index (χ3v) is 4.18. The van der Waals surface area contributed by atoms with Crippen molar-refractivity contribution in [2.75, 3.05) is 0 Å². The normalized spacial score (nSPS) is 9.87. The predicted octanol–water partition coefficient (Wildman–Crippen LogP) is -0.712. The molecule has 0 spiro atoms. The third-order valence-electron chi connectivity index (χ3n) is 1.89. The molecule has 9 heteroatoms. The first-order valence-corrected chi connectivity index (χ1v) is 8.20.